The van der Waals surface area contributed by atoms with Gasteiger partial charge in [-0.3, -0.25) is 0 Å². The molecule has 1 aromatic heterocycles. The summed E-state index contributed by atoms with van der Waals surface area (Å²) in [6.07, 6.45) is 0. The lowest BCUT2D eigenvalue weighted by atomic mass is 10.2. The van der Waals surface area contributed by atoms with Crippen LogP contribution in [-0.4, -0.2) is 15.0 Å². The second-order valence-corrected chi connectivity index (χ2v) is 4.16. The Labute approximate surface area is 95.9 Å². The Morgan fingerprint density at radius 2 is 2.18 bits per heavy atom. The van der Waals surface area contributed by atoms with Gasteiger partial charge in [0, 0.05) is 17.9 Å². The van der Waals surface area contributed by atoms with Gasteiger partial charge in [-0.2, -0.15) is 4.73 Å². The second-order valence-electron chi connectivity index (χ2n) is 4.16. The van der Waals surface area contributed by atoms with Gasteiger partial charge in [-0.15, -0.1) is 0 Å². The van der Waals surface area contributed by atoms with Crippen LogP contribution in [0.5, 0.6) is 0 Å². The van der Waals surface area contributed by atoms with Gasteiger partial charge in [0.15, 0.2) is 11.2 Å². The van der Waals surface area contributed by atoms with Crippen LogP contribution in [0.25, 0.3) is 11.0 Å². The van der Waals surface area contributed by atoms with Gasteiger partial charge in [-0.1, -0.05) is 12.1 Å². The molecule has 0 aliphatic carbocycles. The Morgan fingerprint density at radius 3 is 2.94 bits per heavy atom. The molecule has 6 nitrogen and oxygen atoms in total. The van der Waals surface area contributed by atoms with Crippen LogP contribution in [0.2, 0.25) is 0 Å². The van der Waals surface area contributed by atoms with E-state index in [2.05, 4.69) is 0 Å². The van der Waals surface area contributed by atoms with Crippen LogP contribution >= 0.6 is 0 Å². The van der Waals surface area contributed by atoms with E-state index in [4.69, 9.17) is 4.74 Å². The quantitative estimate of drug-likeness (QED) is 0.514. The molecule has 2 N–H and O–H groups in total. The minimum Gasteiger partial charge on any atom is -0.428 e. The van der Waals surface area contributed by atoms with Gasteiger partial charge in [-0.25, -0.2) is 0 Å². The lowest BCUT2D eigenvalue weighted by Gasteiger charge is -2.10. The number of aromatic nitrogens is 2. The number of fused-ring (bicyclic) bond motifs is 2. The molecule has 0 amide bonds. The van der Waals surface area contributed by atoms with E-state index >= 15 is 0 Å². The minimum absolute atomic E-state index is 0.00803. The average Bonchev–Trinajstić information content (AvgIpc) is 2.63. The predicted octanol–water partition coefficient (Wildman–Crippen LogP) is 0.488. The van der Waals surface area contributed by atoms with E-state index in [-0.39, 0.29) is 23.5 Å². The van der Waals surface area contributed by atoms with Gasteiger partial charge >= 0.3 is 5.69 Å². The molecule has 0 saturated carbocycles. The monoisotopic (exact) mass is 235 g/mol. The molecule has 17 heavy (non-hydrogen) atoms. The maximum Gasteiger partial charge on any atom is 0.324 e. The molecule has 2 heterocycles. The lowest BCUT2D eigenvalue weighted by Crippen LogP contribution is -2.35. The maximum absolute atomic E-state index is 12.1. The first-order chi connectivity index (χ1) is 8.02. The highest BCUT2D eigenvalue weighted by molar-refractivity contribution is 5.71. The summed E-state index contributed by atoms with van der Waals surface area (Å²) in [5.41, 5.74) is 0.949. The van der Waals surface area contributed by atoms with E-state index in [0.717, 1.165) is 4.73 Å². The Balaban J connectivity index is 2.54. The molecule has 0 fully saturated rings. The Bertz CT molecular complexity index is 675. The summed E-state index contributed by atoms with van der Waals surface area (Å²) < 4.78 is 6.59. The van der Waals surface area contributed by atoms with Crippen LogP contribution in [0.15, 0.2) is 24.3 Å². The molecular weight excluding hydrogens is 224 g/mol. The number of nitrogens with zero attached hydrogens (tertiary/aromatic N) is 2. The normalized spacial score (nSPS) is 22.9. The summed E-state index contributed by atoms with van der Waals surface area (Å²) in [6, 6.07) is 6.60. The fourth-order valence-electron chi connectivity index (χ4n) is 2.16. The van der Waals surface area contributed by atoms with Gasteiger partial charge < -0.3 is 15.1 Å². The summed E-state index contributed by atoms with van der Waals surface area (Å²) in [4.78, 5) is 12.1. The third kappa shape index (κ3) is 1.22. The Morgan fingerprint density at radius 1 is 1.47 bits per heavy atom. The summed E-state index contributed by atoms with van der Waals surface area (Å²) >= 11 is 0. The highest BCUT2D eigenvalue weighted by Crippen LogP contribution is 2.31. The fraction of sp³-hybridized carbons (Fsp3) is 0.273. The smallest absolute Gasteiger partial charge is 0.324 e. The van der Waals surface area contributed by atoms with E-state index in [1.807, 2.05) is 0 Å². The van der Waals surface area contributed by atoms with Crippen molar-refractivity contribution in [2.75, 3.05) is 0 Å². The molecule has 6 heteroatoms. The van der Waals surface area contributed by atoms with Crippen molar-refractivity contribution >= 4 is 11.0 Å². The average molecular weight is 235 g/mol. The molecule has 1 atom stereocenters. The van der Waals surface area contributed by atoms with E-state index in [9.17, 15) is 15.2 Å². The van der Waals surface area contributed by atoms with Crippen molar-refractivity contribution in [2.24, 2.45) is 0 Å². The van der Waals surface area contributed by atoms with E-state index in [0.29, 0.717) is 9.94 Å². The van der Waals surface area contributed by atoms with Crippen LogP contribution in [0.4, 0.5) is 0 Å². The number of hydrogen-bond donors (Lipinski definition) is 2. The minimum atomic E-state index is -1.68. The molecule has 88 valence electrons. The molecule has 0 spiro atoms. The van der Waals surface area contributed by atoms with E-state index in [1.54, 1.807) is 24.3 Å². The van der Waals surface area contributed by atoms with Crippen LogP contribution in [0, 0.1) is 4.91 Å². The van der Waals surface area contributed by atoms with Gasteiger partial charge in [0.25, 0.3) is 11.3 Å². The zero-order chi connectivity index (χ0) is 12.2. The van der Waals surface area contributed by atoms with Gasteiger partial charge in [0.2, 0.25) is 0 Å². The first-order valence-corrected chi connectivity index (χ1v) is 5.17. The zero-order valence-corrected chi connectivity index (χ0v) is 9.12. The summed E-state index contributed by atoms with van der Waals surface area (Å²) in [7, 11) is 0. The molecule has 0 unspecified atom stereocenters. The molecule has 1 aliphatic heterocycles. The summed E-state index contributed by atoms with van der Waals surface area (Å²) in [6.45, 7) is 1.37. The van der Waals surface area contributed by atoms with Crippen molar-refractivity contribution in [2.45, 2.75) is 19.3 Å². The zero-order valence-electron chi connectivity index (χ0n) is 9.12. The number of benzene rings is 1. The highest BCUT2D eigenvalue weighted by Gasteiger charge is 2.46. The standard InChI is InChI=1S/C11H11N2O4/c1-11(14)10-9(6-17-11)12(15)7-4-2-3-5-8(7)13(10)16/h2-5,14-15H,6H2,1H3/q+1/t11-/m1/s1. The number of aliphatic hydroxyl groups is 1. The van der Waals surface area contributed by atoms with Gasteiger partial charge in [0.05, 0.1) is 4.43 Å². The predicted molar refractivity (Wildman–Crippen MR) is 56.8 cm³/mol. The van der Waals surface area contributed by atoms with Crippen LogP contribution < -0.4 is 4.43 Å². The number of ether oxygens (including phenoxy) is 1. The molecule has 0 radical (unpaired) electrons. The van der Waals surface area contributed by atoms with Crippen LogP contribution in [0.1, 0.15) is 18.3 Å². The lowest BCUT2D eigenvalue weighted by molar-refractivity contribution is -0.497. The Kier molecular flexibility index (Phi) is 1.84. The van der Waals surface area contributed by atoms with Crippen molar-refractivity contribution in [1.29, 1.82) is 0 Å². The summed E-state index contributed by atoms with van der Waals surface area (Å²) in [5.74, 6) is -1.68. The van der Waals surface area contributed by atoms with Crippen molar-refractivity contribution in [3.05, 3.63) is 40.6 Å². The molecule has 2 aromatic rings. The van der Waals surface area contributed by atoms with Crippen LogP contribution in [-0.2, 0) is 17.1 Å². The second kappa shape index (κ2) is 3.06. The van der Waals surface area contributed by atoms with Crippen molar-refractivity contribution in [1.82, 2.24) is 4.73 Å². The largest absolute Gasteiger partial charge is 0.428 e. The number of para-hydroxylation sites is 2. The van der Waals surface area contributed by atoms with Crippen molar-refractivity contribution < 1.29 is 19.5 Å². The summed E-state index contributed by atoms with van der Waals surface area (Å²) in [5, 5.41) is 19.9. The third-order valence-corrected chi connectivity index (χ3v) is 2.99. The molecule has 3 rings (SSSR count). The van der Waals surface area contributed by atoms with Crippen molar-refractivity contribution in [3.63, 3.8) is 0 Å². The fourth-order valence-corrected chi connectivity index (χ4v) is 2.16. The number of hydrogen-bond acceptors (Lipinski definition) is 4. The van der Waals surface area contributed by atoms with Gasteiger partial charge in [0.1, 0.15) is 6.61 Å². The van der Waals surface area contributed by atoms with Gasteiger partial charge in [-0.05, 0) is 6.07 Å². The first-order valence-electron chi connectivity index (χ1n) is 5.17. The molecule has 0 saturated heterocycles. The topological polar surface area (TPSA) is 77.6 Å². The number of rotatable bonds is 0. The van der Waals surface area contributed by atoms with Crippen molar-refractivity contribution in [3.8, 4) is 0 Å². The maximum atomic E-state index is 12.1. The first kappa shape index (κ1) is 10.2. The Hall–Kier alpha value is -1.92. The molecule has 1 aromatic carbocycles. The van der Waals surface area contributed by atoms with Crippen LogP contribution in [0.3, 0.4) is 0 Å². The molecule has 1 aliphatic rings. The molecular formula is C11H11N2O4+. The SMILES string of the molecule is C[C@@]1(O)OCc2c1[n+](=O)c1ccccc1n2O. The van der Waals surface area contributed by atoms with E-state index < -0.39 is 5.79 Å². The van der Waals surface area contributed by atoms with E-state index in [1.165, 1.54) is 6.92 Å². The molecule has 0 bridgehead atoms. The highest BCUT2D eigenvalue weighted by atomic mass is 16.6. The third-order valence-electron chi connectivity index (χ3n) is 2.99.